The Morgan fingerprint density at radius 3 is 2.45 bits per heavy atom. The van der Waals surface area contributed by atoms with Crippen LogP contribution >= 0.6 is 24.8 Å². The summed E-state index contributed by atoms with van der Waals surface area (Å²) in [7, 11) is 0. The number of nitro groups is 1. The minimum atomic E-state index is -0.454. The summed E-state index contributed by atoms with van der Waals surface area (Å²) in [6.07, 6.45) is 2.16. The predicted molar refractivity (Wildman–Crippen MR) is 87.5 cm³/mol. The van der Waals surface area contributed by atoms with E-state index >= 15 is 0 Å². The topological polar surface area (TPSA) is 58.4 Å². The molecule has 0 bridgehead atoms. The van der Waals surface area contributed by atoms with Gasteiger partial charge in [0.05, 0.1) is 4.92 Å². The van der Waals surface area contributed by atoms with Gasteiger partial charge in [-0.2, -0.15) is 0 Å². The number of benzene rings is 1. The number of hydrogen-bond acceptors (Lipinski definition) is 4. The molecule has 3 rings (SSSR count). The van der Waals surface area contributed by atoms with Crippen LogP contribution in [-0.4, -0.2) is 36.0 Å². The first-order chi connectivity index (χ1) is 9.66. The molecule has 2 aliphatic rings. The molecular formula is C14H20Cl2FN3O2. The zero-order valence-corrected chi connectivity index (χ0v) is 13.7. The zero-order valence-electron chi connectivity index (χ0n) is 12.0. The highest BCUT2D eigenvalue weighted by molar-refractivity contribution is 5.85. The molecule has 1 N–H and O–H groups in total. The summed E-state index contributed by atoms with van der Waals surface area (Å²) in [5.74, 6) is 0.107. The van der Waals surface area contributed by atoms with E-state index in [1.807, 2.05) is 0 Å². The molecule has 1 aliphatic carbocycles. The number of hydrogen-bond donors (Lipinski definition) is 1. The second-order valence-electron chi connectivity index (χ2n) is 5.53. The first-order valence-electron chi connectivity index (χ1n) is 7.05. The quantitative estimate of drug-likeness (QED) is 0.669. The number of non-ortho nitro benzene ring substituents is 1. The molecule has 8 heteroatoms. The first kappa shape index (κ1) is 19.1. The Hall–Kier alpha value is -0.950. The van der Waals surface area contributed by atoms with Gasteiger partial charge in [0.2, 0.25) is 0 Å². The van der Waals surface area contributed by atoms with Crippen molar-refractivity contribution in [3.63, 3.8) is 0 Å². The van der Waals surface area contributed by atoms with Crippen LogP contribution in [0, 0.1) is 21.8 Å². The molecule has 22 heavy (non-hydrogen) atoms. The molecule has 1 heterocycles. The van der Waals surface area contributed by atoms with Crippen molar-refractivity contribution in [2.45, 2.75) is 18.9 Å². The van der Waals surface area contributed by atoms with Crippen molar-refractivity contribution in [1.82, 2.24) is 10.2 Å². The molecule has 1 saturated heterocycles. The summed E-state index contributed by atoms with van der Waals surface area (Å²) in [5.41, 5.74) is 0.464. The highest BCUT2D eigenvalue weighted by atomic mass is 35.5. The molecule has 0 amide bonds. The number of rotatable bonds is 4. The van der Waals surface area contributed by atoms with Gasteiger partial charge in [-0.15, -0.1) is 24.8 Å². The molecular weight excluding hydrogens is 332 g/mol. The average Bonchev–Trinajstić information content (AvgIpc) is 3.27. The summed E-state index contributed by atoms with van der Waals surface area (Å²) in [4.78, 5) is 12.7. The predicted octanol–water partition coefficient (Wildman–Crippen LogP) is 2.93. The van der Waals surface area contributed by atoms with Crippen LogP contribution in [0.1, 0.15) is 24.4 Å². The van der Waals surface area contributed by atoms with Crippen LogP contribution in [0.3, 0.4) is 0 Å². The van der Waals surface area contributed by atoms with Gasteiger partial charge in [0, 0.05) is 49.9 Å². The fraction of sp³-hybridized carbons (Fsp3) is 0.571. The Balaban J connectivity index is 0.00000121. The van der Waals surface area contributed by atoms with Crippen LogP contribution in [0.15, 0.2) is 18.2 Å². The van der Waals surface area contributed by atoms with Crippen LogP contribution in [0.5, 0.6) is 0 Å². The Morgan fingerprint density at radius 2 is 1.91 bits per heavy atom. The molecule has 1 saturated carbocycles. The van der Waals surface area contributed by atoms with Gasteiger partial charge >= 0.3 is 0 Å². The van der Waals surface area contributed by atoms with Gasteiger partial charge in [-0.25, -0.2) is 4.39 Å². The van der Waals surface area contributed by atoms with E-state index in [2.05, 4.69) is 10.2 Å². The zero-order chi connectivity index (χ0) is 14.1. The standard InChI is InChI=1S/C14H18FN3O2.2ClH/c15-13-4-3-11(18(19)20)9-12(13)14(10-1-2-10)17-7-5-16-6-8-17;;/h3-4,9-10,14,16H,1-2,5-8H2;2*1H/t14-;;/m1../s1. The summed E-state index contributed by atoms with van der Waals surface area (Å²) in [6, 6.07) is 3.86. The van der Waals surface area contributed by atoms with Gasteiger partial charge < -0.3 is 5.32 Å². The molecule has 0 aromatic heterocycles. The van der Waals surface area contributed by atoms with E-state index < -0.39 is 4.92 Å². The molecule has 1 aliphatic heterocycles. The van der Waals surface area contributed by atoms with Crippen molar-refractivity contribution in [2.75, 3.05) is 26.2 Å². The summed E-state index contributed by atoms with van der Waals surface area (Å²) in [6.45, 7) is 3.51. The third kappa shape index (κ3) is 4.07. The van der Waals surface area contributed by atoms with Crippen LogP contribution in [-0.2, 0) is 0 Å². The average molecular weight is 352 g/mol. The summed E-state index contributed by atoms with van der Waals surface area (Å²) < 4.78 is 14.2. The largest absolute Gasteiger partial charge is 0.314 e. The number of halogens is 3. The van der Waals surface area contributed by atoms with Crippen LogP contribution in [0.4, 0.5) is 10.1 Å². The maximum absolute atomic E-state index is 14.2. The van der Waals surface area contributed by atoms with Crippen molar-refractivity contribution in [3.8, 4) is 0 Å². The highest BCUT2D eigenvalue weighted by Crippen LogP contribution is 2.45. The molecule has 1 atom stereocenters. The lowest BCUT2D eigenvalue weighted by molar-refractivity contribution is -0.385. The fourth-order valence-electron chi connectivity index (χ4n) is 2.99. The molecule has 124 valence electrons. The van der Waals surface area contributed by atoms with E-state index in [-0.39, 0.29) is 42.4 Å². The maximum atomic E-state index is 14.2. The fourth-order valence-corrected chi connectivity index (χ4v) is 2.99. The van der Waals surface area contributed by atoms with E-state index in [0.717, 1.165) is 39.0 Å². The van der Waals surface area contributed by atoms with E-state index in [1.54, 1.807) is 0 Å². The molecule has 2 fully saturated rings. The number of nitrogens with zero attached hydrogens (tertiary/aromatic N) is 2. The van der Waals surface area contributed by atoms with E-state index in [9.17, 15) is 14.5 Å². The van der Waals surface area contributed by atoms with Crippen molar-refractivity contribution in [3.05, 3.63) is 39.7 Å². The Labute approximate surface area is 141 Å². The van der Waals surface area contributed by atoms with Gasteiger partial charge in [-0.3, -0.25) is 15.0 Å². The number of nitrogens with one attached hydrogen (secondary N) is 1. The van der Waals surface area contributed by atoms with Gasteiger partial charge in [0.25, 0.3) is 5.69 Å². The van der Waals surface area contributed by atoms with E-state index in [0.29, 0.717) is 11.5 Å². The summed E-state index contributed by atoms with van der Waals surface area (Å²) >= 11 is 0. The maximum Gasteiger partial charge on any atom is 0.269 e. The lowest BCUT2D eigenvalue weighted by atomic mass is 9.98. The van der Waals surface area contributed by atoms with Crippen molar-refractivity contribution in [2.24, 2.45) is 5.92 Å². The number of piperazine rings is 1. The second-order valence-corrected chi connectivity index (χ2v) is 5.53. The summed E-state index contributed by atoms with van der Waals surface area (Å²) in [5, 5.41) is 14.2. The Bertz CT molecular complexity index is 523. The normalized spacial score (nSPS) is 19.7. The Morgan fingerprint density at radius 1 is 1.27 bits per heavy atom. The lowest BCUT2D eigenvalue weighted by Gasteiger charge is -2.35. The monoisotopic (exact) mass is 351 g/mol. The van der Waals surface area contributed by atoms with Gasteiger partial charge in [0.15, 0.2) is 0 Å². The van der Waals surface area contributed by atoms with Gasteiger partial charge in [0.1, 0.15) is 5.82 Å². The smallest absolute Gasteiger partial charge is 0.269 e. The van der Waals surface area contributed by atoms with Crippen molar-refractivity contribution in [1.29, 1.82) is 0 Å². The minimum absolute atomic E-state index is 0. The van der Waals surface area contributed by atoms with Crippen molar-refractivity contribution < 1.29 is 9.31 Å². The third-order valence-electron chi connectivity index (χ3n) is 4.12. The van der Waals surface area contributed by atoms with Gasteiger partial charge in [-0.1, -0.05) is 0 Å². The van der Waals surface area contributed by atoms with Crippen LogP contribution in [0.2, 0.25) is 0 Å². The number of nitro benzene ring substituents is 1. The molecule has 0 unspecified atom stereocenters. The Kier molecular flexibility index (Phi) is 6.99. The SMILES string of the molecule is Cl.Cl.O=[N+]([O-])c1ccc(F)c([C@@H](C2CC2)N2CCNCC2)c1. The molecule has 0 radical (unpaired) electrons. The highest BCUT2D eigenvalue weighted by Gasteiger charge is 2.38. The first-order valence-corrected chi connectivity index (χ1v) is 7.05. The van der Waals surface area contributed by atoms with E-state index in [4.69, 9.17) is 0 Å². The van der Waals surface area contributed by atoms with Crippen molar-refractivity contribution >= 4 is 30.5 Å². The minimum Gasteiger partial charge on any atom is -0.314 e. The molecule has 5 nitrogen and oxygen atoms in total. The van der Waals surface area contributed by atoms with E-state index in [1.165, 1.54) is 18.2 Å². The molecule has 0 spiro atoms. The van der Waals surface area contributed by atoms with Crippen LogP contribution < -0.4 is 5.32 Å². The molecule has 1 aromatic carbocycles. The second kappa shape index (κ2) is 8.06. The lowest BCUT2D eigenvalue weighted by Crippen LogP contribution is -2.45. The van der Waals surface area contributed by atoms with Crippen LogP contribution in [0.25, 0.3) is 0 Å². The third-order valence-corrected chi connectivity index (χ3v) is 4.12. The molecule has 1 aromatic rings. The van der Waals surface area contributed by atoms with Gasteiger partial charge in [-0.05, 0) is 24.8 Å².